The molecule has 0 aromatic carbocycles. The first-order chi connectivity index (χ1) is 8.20. The lowest BCUT2D eigenvalue weighted by Gasteiger charge is -2.25. The third-order valence-electron chi connectivity index (χ3n) is 3.65. The van der Waals surface area contributed by atoms with Crippen LogP contribution < -0.4 is 0 Å². The first kappa shape index (κ1) is 12.7. The Labute approximate surface area is 106 Å². The molecule has 1 aliphatic carbocycles. The predicted octanol–water partition coefficient (Wildman–Crippen LogP) is 1.94. The molecule has 1 unspecified atom stereocenters. The van der Waals surface area contributed by atoms with Gasteiger partial charge in [0, 0.05) is 11.7 Å². The van der Waals surface area contributed by atoms with Crippen LogP contribution in [0.3, 0.4) is 0 Å². The van der Waals surface area contributed by atoms with Crippen molar-refractivity contribution in [2.75, 3.05) is 11.6 Å². The van der Waals surface area contributed by atoms with Gasteiger partial charge in [0.1, 0.15) is 6.04 Å². The van der Waals surface area contributed by atoms with Crippen LogP contribution in [0.15, 0.2) is 0 Å². The molecule has 0 bridgehead atoms. The summed E-state index contributed by atoms with van der Waals surface area (Å²) in [5, 5.41) is 9.08. The van der Waals surface area contributed by atoms with Gasteiger partial charge in [-0.05, 0) is 12.8 Å². The fraction of sp³-hybridized carbons (Fsp3) is 0.833. The van der Waals surface area contributed by atoms with Gasteiger partial charge in [0.05, 0.1) is 5.88 Å². The van der Waals surface area contributed by atoms with E-state index in [1.165, 1.54) is 12.8 Å². The van der Waals surface area contributed by atoms with Crippen molar-refractivity contribution in [3.05, 3.63) is 0 Å². The number of carbonyl (C=O) groups excluding carboxylic acids is 1. The van der Waals surface area contributed by atoms with Crippen molar-refractivity contribution >= 4 is 23.6 Å². The van der Waals surface area contributed by atoms with E-state index in [1.807, 2.05) is 0 Å². The Kier molecular flexibility index (Phi) is 4.31. The van der Waals surface area contributed by atoms with E-state index in [9.17, 15) is 9.59 Å². The lowest BCUT2D eigenvalue weighted by atomic mass is 9.98. The zero-order valence-electron chi connectivity index (χ0n) is 9.93. The average Bonchev–Trinajstić information content (AvgIpc) is 2.64. The highest BCUT2D eigenvalue weighted by molar-refractivity contribution is 7.99. The molecule has 17 heavy (non-hydrogen) atoms. The molecule has 1 N–H and O–H groups in total. The van der Waals surface area contributed by atoms with Crippen LogP contribution in [0, 0.1) is 5.92 Å². The maximum Gasteiger partial charge on any atom is 0.327 e. The first-order valence-corrected chi connectivity index (χ1v) is 7.46. The summed E-state index contributed by atoms with van der Waals surface area (Å²) in [6.45, 7) is 0. The lowest BCUT2D eigenvalue weighted by Crippen LogP contribution is -2.44. The zero-order chi connectivity index (χ0) is 12.3. The Hall–Kier alpha value is -0.710. The minimum absolute atomic E-state index is 0.0676. The third-order valence-corrected chi connectivity index (χ3v) is 4.67. The quantitative estimate of drug-likeness (QED) is 0.768. The van der Waals surface area contributed by atoms with E-state index in [1.54, 1.807) is 16.7 Å². The summed E-state index contributed by atoms with van der Waals surface area (Å²) in [5.74, 6) is 0.361. The monoisotopic (exact) mass is 257 g/mol. The van der Waals surface area contributed by atoms with Gasteiger partial charge in [-0.25, -0.2) is 4.79 Å². The van der Waals surface area contributed by atoms with E-state index in [4.69, 9.17) is 5.11 Å². The van der Waals surface area contributed by atoms with Gasteiger partial charge < -0.3 is 10.0 Å². The van der Waals surface area contributed by atoms with Crippen LogP contribution in [0.5, 0.6) is 0 Å². The van der Waals surface area contributed by atoms with Crippen molar-refractivity contribution in [2.45, 2.75) is 44.6 Å². The van der Waals surface area contributed by atoms with Crippen molar-refractivity contribution in [1.29, 1.82) is 0 Å². The van der Waals surface area contributed by atoms with Crippen LogP contribution in [0.4, 0.5) is 0 Å². The van der Waals surface area contributed by atoms with Gasteiger partial charge in [0.15, 0.2) is 0 Å². The smallest absolute Gasteiger partial charge is 0.327 e. The number of carbonyl (C=O) groups is 2. The minimum Gasteiger partial charge on any atom is -0.480 e. The van der Waals surface area contributed by atoms with Gasteiger partial charge in [-0.15, -0.1) is 11.8 Å². The molecule has 2 aliphatic rings. The number of thioether (sulfide) groups is 1. The van der Waals surface area contributed by atoms with Crippen LogP contribution >= 0.6 is 11.8 Å². The van der Waals surface area contributed by atoms with Crippen molar-refractivity contribution in [3.8, 4) is 0 Å². The lowest BCUT2D eigenvalue weighted by molar-refractivity contribution is -0.149. The number of amides is 1. The zero-order valence-corrected chi connectivity index (χ0v) is 10.7. The number of carboxylic acids is 1. The number of rotatable bonds is 2. The summed E-state index contributed by atoms with van der Waals surface area (Å²) in [7, 11) is 0. The number of carboxylic acid groups (broad SMARTS) is 1. The van der Waals surface area contributed by atoms with Gasteiger partial charge in [-0.1, -0.05) is 25.7 Å². The van der Waals surface area contributed by atoms with E-state index >= 15 is 0 Å². The highest BCUT2D eigenvalue weighted by atomic mass is 32.2. The molecule has 4 nitrogen and oxygen atoms in total. The molecule has 1 amide bonds. The number of hydrogen-bond acceptors (Lipinski definition) is 3. The Morgan fingerprint density at radius 2 is 1.76 bits per heavy atom. The van der Waals surface area contributed by atoms with Crippen LogP contribution in [0.1, 0.15) is 38.5 Å². The summed E-state index contributed by atoms with van der Waals surface area (Å²) in [4.78, 5) is 24.9. The fourth-order valence-electron chi connectivity index (χ4n) is 2.63. The molecule has 1 saturated carbocycles. The van der Waals surface area contributed by atoms with E-state index in [0.717, 1.165) is 25.7 Å². The third kappa shape index (κ3) is 2.94. The Morgan fingerprint density at radius 3 is 2.35 bits per heavy atom. The molecule has 0 aromatic rings. The van der Waals surface area contributed by atoms with Crippen molar-refractivity contribution < 1.29 is 14.7 Å². The maximum atomic E-state index is 12.3. The second-order valence-electron chi connectivity index (χ2n) is 4.85. The van der Waals surface area contributed by atoms with Gasteiger partial charge in [-0.3, -0.25) is 4.79 Å². The molecule has 0 aromatic heterocycles. The summed E-state index contributed by atoms with van der Waals surface area (Å²) in [6, 6.07) is -0.601. The molecule has 2 fully saturated rings. The van der Waals surface area contributed by atoms with Gasteiger partial charge in [0.2, 0.25) is 5.91 Å². The number of hydrogen-bond donors (Lipinski definition) is 1. The normalized spacial score (nSPS) is 26.8. The van der Waals surface area contributed by atoms with Crippen LogP contribution in [0.2, 0.25) is 0 Å². The summed E-state index contributed by atoms with van der Waals surface area (Å²) < 4.78 is 0. The van der Waals surface area contributed by atoms with Crippen LogP contribution in [-0.4, -0.2) is 39.6 Å². The topological polar surface area (TPSA) is 57.6 Å². The Bertz CT molecular complexity index is 300. The molecule has 1 heterocycles. The second-order valence-corrected chi connectivity index (χ2v) is 5.85. The molecule has 1 saturated heterocycles. The van der Waals surface area contributed by atoms with Crippen molar-refractivity contribution in [2.24, 2.45) is 5.92 Å². The molecule has 0 radical (unpaired) electrons. The number of nitrogens with zero attached hydrogens (tertiary/aromatic N) is 1. The van der Waals surface area contributed by atoms with E-state index in [2.05, 4.69) is 0 Å². The van der Waals surface area contributed by atoms with Gasteiger partial charge in [0.25, 0.3) is 0 Å². The van der Waals surface area contributed by atoms with E-state index in [-0.39, 0.29) is 11.8 Å². The van der Waals surface area contributed by atoms with Crippen LogP contribution in [0.25, 0.3) is 0 Å². The summed E-state index contributed by atoms with van der Waals surface area (Å²) in [6.07, 6.45) is 6.50. The standard InChI is InChI=1S/C12H19NO3S/c14-11(9-5-3-1-2-4-6-9)13-8-17-7-10(13)12(15)16/h9-10H,1-8H2,(H,15,16). The molecule has 96 valence electrons. The van der Waals surface area contributed by atoms with Gasteiger partial charge in [-0.2, -0.15) is 0 Å². The van der Waals surface area contributed by atoms with E-state index in [0.29, 0.717) is 11.6 Å². The highest BCUT2D eigenvalue weighted by Crippen LogP contribution is 2.29. The molecular formula is C12H19NO3S. The number of aliphatic carboxylic acids is 1. The summed E-state index contributed by atoms with van der Waals surface area (Å²) in [5.41, 5.74) is 0. The molecule has 1 aliphatic heterocycles. The average molecular weight is 257 g/mol. The van der Waals surface area contributed by atoms with Crippen molar-refractivity contribution in [3.63, 3.8) is 0 Å². The predicted molar refractivity (Wildman–Crippen MR) is 66.8 cm³/mol. The van der Waals surface area contributed by atoms with Crippen LogP contribution in [-0.2, 0) is 9.59 Å². The Morgan fingerprint density at radius 1 is 1.12 bits per heavy atom. The summed E-state index contributed by atoms with van der Waals surface area (Å²) >= 11 is 1.54. The van der Waals surface area contributed by atoms with Crippen molar-refractivity contribution in [1.82, 2.24) is 4.90 Å². The fourth-order valence-corrected chi connectivity index (χ4v) is 3.78. The molecule has 0 spiro atoms. The SMILES string of the molecule is O=C(O)C1CSCN1C(=O)C1CCCCCC1. The first-order valence-electron chi connectivity index (χ1n) is 6.31. The second kappa shape index (κ2) is 5.76. The van der Waals surface area contributed by atoms with E-state index < -0.39 is 12.0 Å². The largest absolute Gasteiger partial charge is 0.480 e. The Balaban J connectivity index is 2.00. The van der Waals surface area contributed by atoms with Gasteiger partial charge >= 0.3 is 5.97 Å². The molecule has 5 heteroatoms. The molecule has 2 rings (SSSR count). The molecule has 1 atom stereocenters. The highest BCUT2D eigenvalue weighted by Gasteiger charge is 2.37. The molecular weight excluding hydrogens is 238 g/mol. The minimum atomic E-state index is -0.864. The maximum absolute atomic E-state index is 12.3.